The summed E-state index contributed by atoms with van der Waals surface area (Å²) in [6.07, 6.45) is 4.67. The molecule has 1 heterocycles. The minimum Gasteiger partial charge on any atom is -0.388 e. The van der Waals surface area contributed by atoms with E-state index in [0.717, 1.165) is 30.4 Å². The zero-order valence-corrected chi connectivity index (χ0v) is 11.1. The van der Waals surface area contributed by atoms with Gasteiger partial charge in [-0.1, -0.05) is 30.7 Å². The number of aryl methyl sites for hydroxylation is 1. The Morgan fingerprint density at radius 2 is 2.17 bits per heavy atom. The molecule has 0 radical (unpaired) electrons. The van der Waals surface area contributed by atoms with Crippen LogP contribution in [0.4, 0.5) is 0 Å². The lowest BCUT2D eigenvalue weighted by Gasteiger charge is -2.22. The van der Waals surface area contributed by atoms with E-state index in [1.165, 1.54) is 24.8 Å². The summed E-state index contributed by atoms with van der Waals surface area (Å²) >= 11 is 0. The number of aliphatic hydroxyl groups is 1. The van der Waals surface area contributed by atoms with Gasteiger partial charge in [0.15, 0.2) is 0 Å². The summed E-state index contributed by atoms with van der Waals surface area (Å²) in [5, 5.41) is 14.1. The van der Waals surface area contributed by atoms with Crippen LogP contribution in [0.1, 0.15) is 42.9 Å². The van der Waals surface area contributed by atoms with Gasteiger partial charge in [0.2, 0.25) is 0 Å². The van der Waals surface area contributed by atoms with E-state index < -0.39 is 0 Å². The van der Waals surface area contributed by atoms with Crippen LogP contribution in [0.3, 0.4) is 0 Å². The number of nitrogens with one attached hydrogen (secondary N) is 1. The van der Waals surface area contributed by atoms with E-state index in [9.17, 15) is 5.11 Å². The van der Waals surface area contributed by atoms with Crippen LogP contribution in [0.2, 0.25) is 0 Å². The second-order valence-electron chi connectivity index (χ2n) is 5.98. The molecule has 2 aliphatic rings. The van der Waals surface area contributed by atoms with Crippen molar-refractivity contribution in [1.82, 2.24) is 5.32 Å². The fraction of sp³-hybridized carbons (Fsp3) is 0.625. The van der Waals surface area contributed by atoms with E-state index in [1.807, 2.05) is 12.1 Å². The lowest BCUT2D eigenvalue weighted by atomic mass is 9.88. The molecule has 1 aromatic carbocycles. The monoisotopic (exact) mass is 245 g/mol. The molecule has 2 heteroatoms. The third kappa shape index (κ3) is 2.19. The molecule has 1 aliphatic carbocycles. The zero-order valence-electron chi connectivity index (χ0n) is 11.1. The average molecular weight is 245 g/mol. The Kier molecular flexibility index (Phi) is 3.40. The normalized spacial score (nSPS) is 32.4. The highest BCUT2D eigenvalue weighted by Gasteiger charge is 2.39. The van der Waals surface area contributed by atoms with Gasteiger partial charge in [-0.05, 0) is 55.7 Å². The zero-order chi connectivity index (χ0) is 12.5. The van der Waals surface area contributed by atoms with Gasteiger partial charge in [0.25, 0.3) is 0 Å². The summed E-state index contributed by atoms with van der Waals surface area (Å²) in [4.78, 5) is 0. The third-order valence-electron chi connectivity index (χ3n) is 4.90. The fourth-order valence-corrected chi connectivity index (χ4v) is 3.89. The molecule has 0 amide bonds. The smallest absolute Gasteiger partial charge is 0.0807 e. The van der Waals surface area contributed by atoms with E-state index in [4.69, 9.17) is 0 Å². The number of rotatable bonds is 3. The molecule has 2 N–H and O–H groups in total. The minimum absolute atomic E-state index is 0.317. The van der Waals surface area contributed by atoms with Crippen molar-refractivity contribution in [2.24, 2.45) is 11.8 Å². The Hall–Kier alpha value is -0.860. The van der Waals surface area contributed by atoms with Crippen molar-refractivity contribution in [2.75, 3.05) is 6.54 Å². The summed E-state index contributed by atoms with van der Waals surface area (Å²) in [6, 6.07) is 8.71. The van der Waals surface area contributed by atoms with Crippen LogP contribution >= 0.6 is 0 Å². The highest BCUT2D eigenvalue weighted by Crippen LogP contribution is 2.40. The predicted molar refractivity (Wildman–Crippen MR) is 73.4 cm³/mol. The highest BCUT2D eigenvalue weighted by atomic mass is 16.3. The van der Waals surface area contributed by atoms with Crippen LogP contribution in [-0.4, -0.2) is 17.7 Å². The lowest BCUT2D eigenvalue weighted by molar-refractivity contribution is 0.144. The Morgan fingerprint density at radius 3 is 3.00 bits per heavy atom. The first-order chi connectivity index (χ1) is 8.75. The topological polar surface area (TPSA) is 32.3 Å². The van der Waals surface area contributed by atoms with Crippen LogP contribution < -0.4 is 5.32 Å². The number of hydrogen-bond acceptors (Lipinski definition) is 2. The molecule has 1 saturated carbocycles. The Bertz CT molecular complexity index is 417. The van der Waals surface area contributed by atoms with Crippen molar-refractivity contribution in [3.63, 3.8) is 0 Å². The first kappa shape index (κ1) is 12.2. The number of hydrogen-bond donors (Lipinski definition) is 2. The maximum atomic E-state index is 10.4. The average Bonchev–Trinajstić information content (AvgIpc) is 2.94. The van der Waals surface area contributed by atoms with Gasteiger partial charge in [-0.3, -0.25) is 0 Å². The molecule has 0 aromatic heterocycles. The van der Waals surface area contributed by atoms with Crippen molar-refractivity contribution in [3.8, 4) is 0 Å². The van der Waals surface area contributed by atoms with E-state index in [-0.39, 0.29) is 6.10 Å². The summed E-state index contributed by atoms with van der Waals surface area (Å²) in [7, 11) is 0. The first-order valence-corrected chi connectivity index (χ1v) is 7.22. The third-order valence-corrected chi connectivity index (χ3v) is 4.90. The summed E-state index contributed by atoms with van der Waals surface area (Å²) in [6.45, 7) is 3.24. The van der Waals surface area contributed by atoms with Crippen molar-refractivity contribution >= 4 is 0 Å². The van der Waals surface area contributed by atoms with Crippen LogP contribution in [0, 0.1) is 18.8 Å². The van der Waals surface area contributed by atoms with Gasteiger partial charge in [0.05, 0.1) is 6.10 Å². The van der Waals surface area contributed by atoms with Crippen molar-refractivity contribution in [2.45, 2.75) is 44.8 Å². The van der Waals surface area contributed by atoms with E-state index >= 15 is 0 Å². The number of fused-ring (bicyclic) bond motifs is 1. The second-order valence-corrected chi connectivity index (χ2v) is 5.98. The molecular weight excluding hydrogens is 222 g/mol. The van der Waals surface area contributed by atoms with Crippen LogP contribution in [-0.2, 0) is 0 Å². The van der Waals surface area contributed by atoms with E-state index in [1.54, 1.807) is 0 Å². The molecule has 2 fully saturated rings. The van der Waals surface area contributed by atoms with Gasteiger partial charge >= 0.3 is 0 Å². The first-order valence-electron chi connectivity index (χ1n) is 7.22. The number of aliphatic hydroxyl groups excluding tert-OH is 1. The Balaban J connectivity index is 1.68. The van der Waals surface area contributed by atoms with Crippen molar-refractivity contribution in [1.29, 1.82) is 0 Å². The molecule has 0 bridgehead atoms. The van der Waals surface area contributed by atoms with Crippen LogP contribution in [0.5, 0.6) is 0 Å². The fourth-order valence-electron chi connectivity index (χ4n) is 3.89. The largest absolute Gasteiger partial charge is 0.388 e. The van der Waals surface area contributed by atoms with Gasteiger partial charge in [-0.15, -0.1) is 0 Å². The molecule has 98 valence electrons. The molecule has 1 aromatic rings. The van der Waals surface area contributed by atoms with Crippen molar-refractivity contribution < 1.29 is 5.11 Å². The summed E-state index contributed by atoms with van der Waals surface area (Å²) in [5.74, 6) is 1.68. The van der Waals surface area contributed by atoms with E-state index in [0.29, 0.717) is 6.04 Å². The standard InChI is InChI=1S/C16H23NO/c1-11-5-2-3-7-13(11)16(18)9-15-14-8-4-6-12(14)10-17-15/h2-3,5,7,12,14-18H,4,6,8-10H2,1H3. The highest BCUT2D eigenvalue weighted by molar-refractivity contribution is 5.27. The molecular formula is C16H23NO. The maximum Gasteiger partial charge on any atom is 0.0807 e. The molecule has 4 atom stereocenters. The minimum atomic E-state index is -0.317. The van der Waals surface area contributed by atoms with Gasteiger partial charge in [-0.25, -0.2) is 0 Å². The SMILES string of the molecule is Cc1ccccc1C(O)CC1NCC2CCCC21. The van der Waals surface area contributed by atoms with E-state index in [2.05, 4.69) is 24.4 Å². The molecule has 4 unspecified atom stereocenters. The maximum absolute atomic E-state index is 10.4. The predicted octanol–water partition coefficient (Wildman–Crippen LogP) is 2.81. The summed E-state index contributed by atoms with van der Waals surface area (Å²) < 4.78 is 0. The van der Waals surface area contributed by atoms with Gasteiger partial charge in [-0.2, -0.15) is 0 Å². The van der Waals surface area contributed by atoms with Gasteiger partial charge in [0, 0.05) is 6.04 Å². The van der Waals surface area contributed by atoms with Crippen molar-refractivity contribution in [3.05, 3.63) is 35.4 Å². The van der Waals surface area contributed by atoms with Gasteiger partial charge in [0.1, 0.15) is 0 Å². The number of benzene rings is 1. The Labute approximate surface area is 109 Å². The van der Waals surface area contributed by atoms with Crippen LogP contribution in [0.15, 0.2) is 24.3 Å². The molecule has 1 aliphatic heterocycles. The summed E-state index contributed by atoms with van der Waals surface area (Å²) in [5.41, 5.74) is 2.30. The molecule has 0 spiro atoms. The van der Waals surface area contributed by atoms with Crippen LogP contribution in [0.25, 0.3) is 0 Å². The quantitative estimate of drug-likeness (QED) is 0.858. The second kappa shape index (κ2) is 5.02. The lowest BCUT2D eigenvalue weighted by Crippen LogP contribution is -2.29. The molecule has 1 saturated heterocycles. The molecule has 18 heavy (non-hydrogen) atoms. The molecule has 3 rings (SSSR count). The molecule has 2 nitrogen and oxygen atoms in total. The van der Waals surface area contributed by atoms with Gasteiger partial charge < -0.3 is 10.4 Å². The Morgan fingerprint density at radius 1 is 1.33 bits per heavy atom.